The highest BCUT2D eigenvalue weighted by atomic mass is 35.5. The molecule has 0 heterocycles. The van der Waals surface area contributed by atoms with Crippen molar-refractivity contribution in [1.82, 2.24) is 0 Å². The summed E-state index contributed by atoms with van der Waals surface area (Å²) in [7, 11) is -4.28. The van der Waals surface area contributed by atoms with Crippen LogP contribution < -0.4 is 0 Å². The SMILES string of the molecule is O=C=NS(=O)(=O)N=C=O.O=C=Nc1ccc(-c2ccccc2Cl)c(Cl)c1. The molecule has 0 saturated heterocycles. The van der Waals surface area contributed by atoms with Gasteiger partial charge in [0.25, 0.3) is 12.2 Å². The molecule has 2 rings (SSSR count). The van der Waals surface area contributed by atoms with Crippen LogP contribution in [0, 0.1) is 0 Å². The lowest BCUT2D eigenvalue weighted by Gasteiger charge is -2.06. The van der Waals surface area contributed by atoms with Crippen molar-refractivity contribution in [3.05, 3.63) is 52.5 Å². The fourth-order valence-corrected chi connectivity index (χ4v) is 2.38. The number of isocyanates is 3. The third-order valence-electron chi connectivity index (χ3n) is 2.60. The van der Waals surface area contributed by atoms with E-state index in [0.717, 1.165) is 11.1 Å². The number of rotatable bonds is 4. The third-order valence-corrected chi connectivity index (χ3v) is 3.85. The van der Waals surface area contributed by atoms with Gasteiger partial charge in [0, 0.05) is 16.1 Å². The number of carbonyl (C=O) groups excluding carboxylic acids is 3. The van der Waals surface area contributed by atoms with E-state index in [9.17, 15) is 22.8 Å². The van der Waals surface area contributed by atoms with Crippen molar-refractivity contribution in [1.29, 1.82) is 0 Å². The summed E-state index contributed by atoms with van der Waals surface area (Å²) in [6.07, 6.45) is 2.89. The molecule has 0 atom stereocenters. The molecule has 2 aromatic rings. The Hall–Kier alpha value is -2.89. The van der Waals surface area contributed by atoms with Crippen LogP contribution in [0.15, 0.2) is 56.3 Å². The molecule has 2 aromatic carbocycles. The van der Waals surface area contributed by atoms with Crippen LogP contribution in [-0.2, 0) is 24.6 Å². The standard InChI is InChI=1S/C13H7Cl2NO.C2N2O4S/c14-12-4-2-1-3-10(12)11-6-5-9(16-8-17)7-13(11)15;5-1-3-9(7,8)4-2-6/h1-7H;. The smallest absolute Gasteiger partial charge is 0.211 e. The summed E-state index contributed by atoms with van der Waals surface area (Å²) < 4.78 is 24.3. The number of nitrogens with zero attached hydrogens (tertiary/aromatic N) is 3. The average molecular weight is 412 g/mol. The molecule has 0 aliphatic rings. The van der Waals surface area contributed by atoms with Crippen LogP contribution in [-0.4, -0.2) is 26.7 Å². The first-order chi connectivity index (χ1) is 12.3. The van der Waals surface area contributed by atoms with Crippen molar-refractivity contribution in [2.45, 2.75) is 0 Å². The van der Waals surface area contributed by atoms with E-state index in [2.05, 4.69) is 13.8 Å². The second-order valence-corrected chi connectivity index (χ2v) is 6.24. The van der Waals surface area contributed by atoms with Gasteiger partial charge < -0.3 is 0 Å². The lowest BCUT2D eigenvalue weighted by atomic mass is 10.1. The van der Waals surface area contributed by atoms with Gasteiger partial charge in [-0.1, -0.05) is 56.3 Å². The zero-order valence-corrected chi connectivity index (χ0v) is 14.9. The first kappa shape index (κ1) is 21.2. The molecule has 0 N–H and O–H groups in total. The molecule has 0 radical (unpaired) electrons. The van der Waals surface area contributed by atoms with Gasteiger partial charge in [0.15, 0.2) is 0 Å². The number of aliphatic imine (C=N–C) groups is 1. The van der Waals surface area contributed by atoms with E-state index in [4.69, 9.17) is 23.2 Å². The maximum Gasteiger partial charge on any atom is 0.383 e. The van der Waals surface area contributed by atoms with Crippen molar-refractivity contribution in [2.75, 3.05) is 0 Å². The van der Waals surface area contributed by atoms with Crippen molar-refractivity contribution in [3.63, 3.8) is 0 Å². The topological polar surface area (TPSA) is 122 Å². The lowest BCUT2D eigenvalue weighted by molar-refractivity contribution is 0.561. The van der Waals surface area contributed by atoms with Gasteiger partial charge >= 0.3 is 10.2 Å². The lowest BCUT2D eigenvalue weighted by Crippen LogP contribution is -1.86. The summed E-state index contributed by atoms with van der Waals surface area (Å²) in [6.45, 7) is 0. The fraction of sp³-hybridized carbons (Fsp3) is 0. The van der Waals surface area contributed by atoms with Gasteiger partial charge in [0.05, 0.1) is 10.7 Å². The quantitative estimate of drug-likeness (QED) is 0.562. The minimum Gasteiger partial charge on any atom is -0.211 e. The van der Waals surface area contributed by atoms with Crippen molar-refractivity contribution in [3.8, 4) is 11.1 Å². The van der Waals surface area contributed by atoms with Gasteiger partial charge in [-0.05, 0) is 18.2 Å². The van der Waals surface area contributed by atoms with E-state index >= 15 is 0 Å². The van der Waals surface area contributed by atoms with Crippen molar-refractivity contribution >= 4 is 57.3 Å². The second-order valence-electron chi connectivity index (χ2n) is 4.16. The third kappa shape index (κ3) is 6.55. The van der Waals surface area contributed by atoms with E-state index in [1.807, 2.05) is 18.2 Å². The molecule has 0 unspecified atom stereocenters. The fourth-order valence-electron chi connectivity index (χ4n) is 1.64. The summed E-state index contributed by atoms with van der Waals surface area (Å²) in [5, 5.41) is 1.12. The Balaban J connectivity index is 0.000000321. The molecule has 8 nitrogen and oxygen atoms in total. The van der Waals surface area contributed by atoms with Crippen LogP contribution in [0.1, 0.15) is 0 Å². The second kappa shape index (κ2) is 10.2. The highest BCUT2D eigenvalue weighted by Gasteiger charge is 2.07. The summed E-state index contributed by atoms with van der Waals surface area (Å²) in [5.41, 5.74) is 2.13. The van der Waals surface area contributed by atoms with E-state index < -0.39 is 10.2 Å². The molecule has 0 spiro atoms. The minimum atomic E-state index is -4.28. The summed E-state index contributed by atoms with van der Waals surface area (Å²) in [4.78, 5) is 32.1. The molecule has 0 amide bonds. The number of hydrogen-bond acceptors (Lipinski definition) is 6. The zero-order chi connectivity index (χ0) is 19.6. The van der Waals surface area contributed by atoms with Gasteiger partial charge in [-0.3, -0.25) is 0 Å². The largest absolute Gasteiger partial charge is 0.383 e. The van der Waals surface area contributed by atoms with Gasteiger partial charge in [0.2, 0.25) is 6.08 Å². The van der Waals surface area contributed by atoms with E-state index in [0.29, 0.717) is 27.9 Å². The molecule has 0 aliphatic carbocycles. The number of halogens is 2. The number of benzene rings is 2. The van der Waals surface area contributed by atoms with Crippen molar-refractivity contribution < 1.29 is 22.8 Å². The molecule has 26 heavy (non-hydrogen) atoms. The van der Waals surface area contributed by atoms with Crippen LogP contribution in [0.4, 0.5) is 5.69 Å². The molecule has 0 saturated carbocycles. The predicted octanol–water partition coefficient (Wildman–Crippen LogP) is 3.53. The molecular weight excluding hydrogens is 405 g/mol. The molecule has 11 heteroatoms. The molecule has 0 aliphatic heterocycles. The van der Waals surface area contributed by atoms with Crippen molar-refractivity contribution in [2.24, 2.45) is 13.8 Å². The van der Waals surface area contributed by atoms with Crippen LogP contribution in [0.25, 0.3) is 11.1 Å². The summed E-state index contributed by atoms with van der Waals surface area (Å²) >= 11 is 12.2. The van der Waals surface area contributed by atoms with Gasteiger partial charge in [-0.2, -0.15) is 13.4 Å². The van der Waals surface area contributed by atoms with E-state index in [-0.39, 0.29) is 0 Å². The average Bonchev–Trinajstić information content (AvgIpc) is 2.57. The first-order valence-electron chi connectivity index (χ1n) is 6.40. The number of hydrogen-bond donors (Lipinski definition) is 0. The van der Waals surface area contributed by atoms with E-state index in [1.165, 1.54) is 6.08 Å². The van der Waals surface area contributed by atoms with Gasteiger partial charge in [0.1, 0.15) is 0 Å². The summed E-state index contributed by atoms with van der Waals surface area (Å²) in [5.74, 6) is 0. The first-order valence-corrected chi connectivity index (χ1v) is 8.55. The molecule has 132 valence electrons. The Morgan fingerprint density at radius 3 is 1.85 bits per heavy atom. The zero-order valence-electron chi connectivity index (χ0n) is 12.6. The van der Waals surface area contributed by atoms with Crippen LogP contribution in [0.2, 0.25) is 10.0 Å². The highest BCUT2D eigenvalue weighted by molar-refractivity contribution is 7.89. The van der Waals surface area contributed by atoms with Crippen LogP contribution in [0.3, 0.4) is 0 Å². The highest BCUT2D eigenvalue weighted by Crippen LogP contribution is 2.34. The Morgan fingerprint density at radius 1 is 0.769 bits per heavy atom. The van der Waals surface area contributed by atoms with Crippen LogP contribution >= 0.6 is 23.2 Å². The van der Waals surface area contributed by atoms with E-state index in [1.54, 1.807) is 24.3 Å². The monoisotopic (exact) mass is 411 g/mol. The maximum absolute atomic E-state index is 10.1. The van der Waals surface area contributed by atoms with Gasteiger partial charge in [-0.15, -0.1) is 0 Å². The predicted molar refractivity (Wildman–Crippen MR) is 94.8 cm³/mol. The van der Waals surface area contributed by atoms with Crippen LogP contribution in [0.5, 0.6) is 0 Å². The molecule has 0 aromatic heterocycles. The maximum atomic E-state index is 10.1. The molecule has 0 fully saturated rings. The molecule has 0 bridgehead atoms. The minimum absolute atomic E-state index is 0.473. The summed E-state index contributed by atoms with van der Waals surface area (Å²) in [6, 6.07) is 12.5. The Kier molecular flexibility index (Phi) is 8.28. The Labute approximate surface area is 157 Å². The normalized spacial score (nSPS) is 9.46. The Bertz CT molecular complexity index is 1030. The molecular formula is C15H7Cl2N3O5S. The van der Waals surface area contributed by atoms with Gasteiger partial charge in [-0.25, -0.2) is 14.4 Å². The Morgan fingerprint density at radius 2 is 1.35 bits per heavy atom.